The Kier molecular flexibility index (Phi) is 6.46. The molecule has 1 saturated heterocycles. The van der Waals surface area contributed by atoms with E-state index in [0.717, 1.165) is 12.1 Å². The number of nitrogens with one attached hydrogen (secondary N) is 2. The SMILES string of the molecule is CCc1cc(C(=O)NCC(c2c(F)cccc2Cl)N2CCOC(C)C2)n[nH]1. The molecule has 2 heterocycles. The maximum atomic E-state index is 14.6. The summed E-state index contributed by atoms with van der Waals surface area (Å²) in [6, 6.07) is 5.96. The van der Waals surface area contributed by atoms with Crippen LogP contribution in [0.5, 0.6) is 0 Å². The number of ether oxygens (including phenoxy) is 1. The number of benzene rings is 1. The molecule has 27 heavy (non-hydrogen) atoms. The Hall–Kier alpha value is -1.96. The van der Waals surface area contributed by atoms with Crippen LogP contribution in [-0.2, 0) is 11.2 Å². The minimum absolute atomic E-state index is 0.0287. The van der Waals surface area contributed by atoms with Crippen molar-refractivity contribution in [2.75, 3.05) is 26.2 Å². The molecular formula is C19H24ClFN4O2. The predicted molar refractivity (Wildman–Crippen MR) is 101 cm³/mol. The minimum atomic E-state index is -0.390. The van der Waals surface area contributed by atoms with E-state index >= 15 is 0 Å². The van der Waals surface area contributed by atoms with Gasteiger partial charge in [0.15, 0.2) is 0 Å². The number of rotatable bonds is 6. The van der Waals surface area contributed by atoms with Gasteiger partial charge in [0.25, 0.3) is 5.91 Å². The molecular weight excluding hydrogens is 371 g/mol. The van der Waals surface area contributed by atoms with Gasteiger partial charge in [-0.2, -0.15) is 5.10 Å². The van der Waals surface area contributed by atoms with Crippen molar-refractivity contribution in [1.82, 2.24) is 20.4 Å². The standard InChI is InChI=1S/C19H24ClFN4O2/c1-3-13-9-16(24-23-13)19(26)22-10-17(25-7-8-27-12(2)11-25)18-14(20)5-4-6-15(18)21/h4-6,9,12,17H,3,7-8,10-11H2,1-2H3,(H,22,26)(H,23,24). The number of H-pyrrole nitrogens is 1. The highest BCUT2D eigenvalue weighted by atomic mass is 35.5. The molecule has 2 unspecified atom stereocenters. The van der Waals surface area contributed by atoms with Crippen molar-refractivity contribution in [3.05, 3.63) is 52.1 Å². The maximum Gasteiger partial charge on any atom is 0.271 e. The fraction of sp³-hybridized carbons (Fsp3) is 0.474. The van der Waals surface area contributed by atoms with Crippen LogP contribution in [0.4, 0.5) is 4.39 Å². The molecule has 2 atom stereocenters. The smallest absolute Gasteiger partial charge is 0.271 e. The monoisotopic (exact) mass is 394 g/mol. The molecule has 0 aliphatic carbocycles. The molecule has 6 nitrogen and oxygen atoms in total. The van der Waals surface area contributed by atoms with Crippen LogP contribution in [0.3, 0.4) is 0 Å². The third kappa shape index (κ3) is 4.66. The number of carbonyl (C=O) groups excluding carboxylic acids is 1. The topological polar surface area (TPSA) is 70.2 Å². The molecule has 2 aromatic rings. The van der Waals surface area contributed by atoms with Gasteiger partial charge in [-0.1, -0.05) is 24.6 Å². The highest BCUT2D eigenvalue weighted by Gasteiger charge is 2.29. The van der Waals surface area contributed by atoms with Crippen LogP contribution < -0.4 is 5.32 Å². The van der Waals surface area contributed by atoms with Crippen molar-refractivity contribution < 1.29 is 13.9 Å². The normalized spacial score (nSPS) is 19.0. The molecule has 8 heteroatoms. The number of morpholine rings is 1. The molecule has 0 radical (unpaired) electrons. The van der Waals surface area contributed by atoms with E-state index < -0.39 is 6.04 Å². The summed E-state index contributed by atoms with van der Waals surface area (Å²) in [4.78, 5) is 14.6. The third-order valence-electron chi connectivity index (χ3n) is 4.75. The lowest BCUT2D eigenvalue weighted by atomic mass is 10.0. The first-order chi connectivity index (χ1) is 13.0. The Morgan fingerprint density at radius 3 is 3.04 bits per heavy atom. The molecule has 1 amide bonds. The molecule has 146 valence electrons. The number of aromatic nitrogens is 2. The van der Waals surface area contributed by atoms with E-state index in [2.05, 4.69) is 20.4 Å². The first-order valence-electron chi connectivity index (χ1n) is 9.11. The van der Waals surface area contributed by atoms with Gasteiger partial charge in [0.05, 0.1) is 18.8 Å². The Balaban J connectivity index is 1.80. The molecule has 0 bridgehead atoms. The predicted octanol–water partition coefficient (Wildman–Crippen LogP) is 2.96. The van der Waals surface area contributed by atoms with Gasteiger partial charge >= 0.3 is 0 Å². The number of aryl methyl sites for hydroxylation is 1. The molecule has 1 aromatic heterocycles. The number of amides is 1. The van der Waals surface area contributed by atoms with Crippen molar-refractivity contribution >= 4 is 17.5 Å². The van der Waals surface area contributed by atoms with Crippen LogP contribution in [0.2, 0.25) is 5.02 Å². The van der Waals surface area contributed by atoms with E-state index in [1.54, 1.807) is 18.2 Å². The highest BCUT2D eigenvalue weighted by molar-refractivity contribution is 6.31. The first kappa shape index (κ1) is 19.8. The number of carbonyl (C=O) groups is 1. The Morgan fingerprint density at radius 1 is 1.56 bits per heavy atom. The average molecular weight is 395 g/mol. The van der Waals surface area contributed by atoms with Crippen LogP contribution in [0, 0.1) is 5.82 Å². The van der Waals surface area contributed by atoms with Crippen LogP contribution >= 0.6 is 11.6 Å². The second-order valence-corrected chi connectivity index (χ2v) is 7.08. The van der Waals surface area contributed by atoms with Crippen molar-refractivity contribution in [2.45, 2.75) is 32.4 Å². The number of aromatic amines is 1. The summed E-state index contributed by atoms with van der Waals surface area (Å²) in [6.45, 7) is 5.99. The fourth-order valence-electron chi connectivity index (χ4n) is 3.31. The highest BCUT2D eigenvalue weighted by Crippen LogP contribution is 2.31. The van der Waals surface area contributed by atoms with E-state index in [0.29, 0.717) is 36.0 Å². The van der Waals surface area contributed by atoms with Crippen molar-refractivity contribution in [3.8, 4) is 0 Å². The van der Waals surface area contributed by atoms with Crippen LogP contribution in [0.25, 0.3) is 0 Å². The number of hydrogen-bond donors (Lipinski definition) is 2. The molecule has 3 rings (SSSR count). The Bertz CT molecular complexity index is 778. The zero-order chi connectivity index (χ0) is 19.4. The summed E-state index contributed by atoms with van der Waals surface area (Å²) < 4.78 is 20.2. The lowest BCUT2D eigenvalue weighted by molar-refractivity contribution is -0.0346. The van der Waals surface area contributed by atoms with Crippen LogP contribution in [-0.4, -0.2) is 53.3 Å². The van der Waals surface area contributed by atoms with Gasteiger partial charge in [-0.15, -0.1) is 0 Å². The summed E-state index contributed by atoms with van der Waals surface area (Å²) in [5.74, 6) is -0.682. The van der Waals surface area contributed by atoms with Crippen LogP contribution in [0.15, 0.2) is 24.3 Å². The lowest BCUT2D eigenvalue weighted by Gasteiger charge is -2.38. The second kappa shape index (κ2) is 8.82. The summed E-state index contributed by atoms with van der Waals surface area (Å²) >= 11 is 6.31. The largest absolute Gasteiger partial charge is 0.376 e. The van der Waals surface area contributed by atoms with Crippen molar-refractivity contribution in [3.63, 3.8) is 0 Å². The molecule has 0 spiro atoms. The molecule has 1 aliphatic rings. The van der Waals surface area contributed by atoms with Gasteiger partial charge in [-0.25, -0.2) is 4.39 Å². The Labute approximate surface area is 163 Å². The number of nitrogens with zero attached hydrogens (tertiary/aromatic N) is 2. The van der Waals surface area contributed by atoms with Gasteiger partial charge in [0.2, 0.25) is 0 Å². The molecule has 1 aromatic carbocycles. The van der Waals surface area contributed by atoms with E-state index in [-0.39, 0.29) is 24.4 Å². The minimum Gasteiger partial charge on any atom is -0.376 e. The zero-order valence-corrected chi connectivity index (χ0v) is 16.2. The summed E-state index contributed by atoms with van der Waals surface area (Å²) in [6.07, 6.45) is 0.792. The van der Waals surface area contributed by atoms with Gasteiger partial charge in [-0.05, 0) is 31.5 Å². The zero-order valence-electron chi connectivity index (χ0n) is 15.5. The Morgan fingerprint density at radius 2 is 2.37 bits per heavy atom. The first-order valence-corrected chi connectivity index (χ1v) is 9.49. The van der Waals surface area contributed by atoms with Gasteiger partial charge in [0, 0.05) is 35.9 Å². The van der Waals surface area contributed by atoms with E-state index in [1.165, 1.54) is 6.07 Å². The molecule has 1 fully saturated rings. The number of halogens is 2. The van der Waals surface area contributed by atoms with Gasteiger partial charge < -0.3 is 10.1 Å². The summed E-state index contributed by atoms with van der Waals surface area (Å²) in [5, 5.41) is 10.1. The molecule has 1 aliphatic heterocycles. The van der Waals surface area contributed by atoms with Crippen molar-refractivity contribution in [2.24, 2.45) is 0 Å². The maximum absolute atomic E-state index is 14.6. The third-order valence-corrected chi connectivity index (χ3v) is 5.08. The van der Waals surface area contributed by atoms with E-state index in [1.807, 2.05) is 13.8 Å². The van der Waals surface area contributed by atoms with Crippen molar-refractivity contribution in [1.29, 1.82) is 0 Å². The summed E-state index contributed by atoms with van der Waals surface area (Å²) in [7, 11) is 0. The number of hydrogen-bond acceptors (Lipinski definition) is 4. The lowest BCUT2D eigenvalue weighted by Crippen LogP contribution is -2.47. The quantitative estimate of drug-likeness (QED) is 0.790. The van der Waals surface area contributed by atoms with Gasteiger partial charge in [0.1, 0.15) is 11.5 Å². The van der Waals surface area contributed by atoms with Gasteiger partial charge in [-0.3, -0.25) is 14.8 Å². The summed E-state index contributed by atoms with van der Waals surface area (Å²) in [5.41, 5.74) is 1.60. The van der Waals surface area contributed by atoms with E-state index in [9.17, 15) is 9.18 Å². The van der Waals surface area contributed by atoms with Crippen LogP contribution in [0.1, 0.15) is 41.6 Å². The second-order valence-electron chi connectivity index (χ2n) is 6.67. The average Bonchev–Trinajstić information content (AvgIpc) is 3.13. The molecule has 2 N–H and O–H groups in total. The fourth-order valence-corrected chi connectivity index (χ4v) is 3.60. The molecule has 0 saturated carbocycles. The van der Waals surface area contributed by atoms with E-state index in [4.69, 9.17) is 16.3 Å².